The maximum Gasteiger partial charge on any atom is 0.306 e. The van der Waals surface area contributed by atoms with Crippen LogP contribution in [0.25, 0.3) is 0 Å². The van der Waals surface area contributed by atoms with Crippen LogP contribution in [-0.4, -0.2) is 11.1 Å². The van der Waals surface area contributed by atoms with Gasteiger partial charge in [-0.3, -0.25) is 4.79 Å². The number of aliphatic carboxylic acids is 1. The Kier molecular flexibility index (Phi) is 2.30. The van der Waals surface area contributed by atoms with Crippen molar-refractivity contribution >= 4 is 5.97 Å². The van der Waals surface area contributed by atoms with Crippen LogP contribution in [0, 0.1) is 5.92 Å². The molecular weight excluding hydrogens is 128 g/mol. The Morgan fingerprint density at radius 1 is 1.60 bits per heavy atom. The fourth-order valence-electron chi connectivity index (χ4n) is 0.700. The number of carbonyl (C=O) groups is 1. The molecule has 2 heteroatoms. The monoisotopic (exact) mass is 148 g/mol. The van der Waals surface area contributed by atoms with Crippen LogP contribution in [0.3, 0.4) is 0 Å². The van der Waals surface area contributed by atoms with Crippen molar-refractivity contribution in [2.24, 2.45) is 5.92 Å². The van der Waals surface area contributed by atoms with E-state index in [4.69, 9.17) is 10.6 Å². The van der Waals surface area contributed by atoms with E-state index in [9.17, 15) is 4.79 Å². The average Bonchev–Trinajstić information content (AvgIpc) is 2.16. The minimum Gasteiger partial charge on any atom is -0.481 e. The summed E-state index contributed by atoms with van der Waals surface area (Å²) in [4.78, 5) is 10.7. The molecule has 2 nitrogen and oxygen atoms in total. The van der Waals surface area contributed by atoms with E-state index in [1.54, 1.807) is 0 Å². The quantitative estimate of drug-likeness (QED) is 0.649. The first-order valence-corrected chi connectivity index (χ1v) is 3.17. The number of hydrogen-bond acceptors (Lipinski definition) is 1. The van der Waals surface area contributed by atoms with Crippen LogP contribution in [0.1, 0.15) is 44.9 Å². The number of carboxylic acid groups (broad SMARTS) is 1. The van der Waals surface area contributed by atoms with Gasteiger partial charge in [0.05, 0.1) is 5.92 Å². The second kappa shape index (κ2) is 5.27. The summed E-state index contributed by atoms with van der Waals surface area (Å²) in [7, 11) is 0. The van der Waals surface area contributed by atoms with E-state index in [1.807, 2.05) is 0 Å². The molecule has 0 rings (SSSR count). The van der Waals surface area contributed by atoms with Crippen molar-refractivity contribution in [3.63, 3.8) is 0 Å². The standard InChI is InChI=1S/C8H16O2/c1-3-5-7(6-4-2)8(9)10/h7H,3-6H2,1-2H3,(H,9,10)/i1D,2D,3D,4D. The van der Waals surface area contributed by atoms with Gasteiger partial charge in [-0.05, 0) is 12.8 Å². The number of rotatable bonds is 5. The molecule has 10 heavy (non-hydrogen) atoms. The molecule has 0 aromatic rings. The Morgan fingerprint density at radius 3 is 2.40 bits per heavy atom. The van der Waals surface area contributed by atoms with E-state index in [0.717, 1.165) is 0 Å². The van der Waals surface area contributed by atoms with E-state index in [2.05, 4.69) is 0 Å². The third-order valence-electron chi connectivity index (χ3n) is 1.25. The lowest BCUT2D eigenvalue weighted by Gasteiger charge is -2.07. The van der Waals surface area contributed by atoms with Gasteiger partial charge in [-0.1, -0.05) is 26.6 Å². The van der Waals surface area contributed by atoms with Crippen molar-refractivity contribution in [3.8, 4) is 0 Å². The van der Waals surface area contributed by atoms with E-state index in [1.165, 1.54) is 0 Å². The molecule has 0 aromatic heterocycles. The Bertz CT molecular complexity index is 165. The highest BCUT2D eigenvalue weighted by Crippen LogP contribution is 2.12. The molecule has 0 spiro atoms. The predicted octanol–water partition coefficient (Wildman–Crippen LogP) is 2.29. The van der Waals surface area contributed by atoms with Gasteiger partial charge >= 0.3 is 5.97 Å². The fraction of sp³-hybridized carbons (Fsp3) is 0.875. The topological polar surface area (TPSA) is 37.3 Å². The summed E-state index contributed by atoms with van der Waals surface area (Å²) in [5, 5.41) is 8.77. The summed E-state index contributed by atoms with van der Waals surface area (Å²) in [6, 6.07) is 0. The fourth-order valence-corrected chi connectivity index (χ4v) is 0.700. The first kappa shape index (κ1) is 4.37. The van der Waals surface area contributed by atoms with Crippen LogP contribution < -0.4 is 0 Å². The van der Waals surface area contributed by atoms with E-state index < -0.39 is 24.7 Å². The molecule has 2 unspecified atom stereocenters. The van der Waals surface area contributed by atoms with Gasteiger partial charge in [-0.2, -0.15) is 0 Å². The normalized spacial score (nSPS) is 24.8. The first-order chi connectivity index (χ1) is 6.51. The molecule has 0 heterocycles. The van der Waals surface area contributed by atoms with Crippen LogP contribution >= 0.6 is 0 Å². The van der Waals surface area contributed by atoms with E-state index >= 15 is 0 Å². The molecule has 0 saturated carbocycles. The molecule has 0 aliphatic rings. The zero-order valence-electron chi connectivity index (χ0n) is 9.92. The summed E-state index contributed by atoms with van der Waals surface area (Å²) in [5.74, 6) is -1.78. The van der Waals surface area contributed by atoms with Crippen LogP contribution in [0.4, 0.5) is 0 Å². The molecule has 0 saturated heterocycles. The number of hydrogen-bond donors (Lipinski definition) is 1. The Labute approximate surface area is 67.9 Å². The number of carboxylic acids is 1. The first-order valence-electron chi connectivity index (χ1n) is 5.73. The maximum absolute atomic E-state index is 10.7. The molecule has 0 aromatic carbocycles. The molecule has 0 amide bonds. The zero-order chi connectivity index (χ0) is 11.1. The summed E-state index contributed by atoms with van der Waals surface area (Å²) in [6.45, 7) is -0.235. The van der Waals surface area contributed by atoms with Gasteiger partial charge < -0.3 is 5.11 Å². The van der Waals surface area contributed by atoms with Gasteiger partial charge in [-0.15, -0.1) is 0 Å². The van der Waals surface area contributed by atoms with E-state index in [0.29, 0.717) is 0 Å². The van der Waals surface area contributed by atoms with Crippen molar-refractivity contribution in [3.05, 3.63) is 0 Å². The van der Waals surface area contributed by atoms with Gasteiger partial charge in [0, 0.05) is 5.48 Å². The van der Waals surface area contributed by atoms with E-state index in [-0.39, 0.29) is 26.6 Å². The predicted molar refractivity (Wildman–Crippen MR) is 40.9 cm³/mol. The molecule has 1 N–H and O–H groups in total. The van der Waals surface area contributed by atoms with Crippen molar-refractivity contribution in [2.45, 2.75) is 39.4 Å². The van der Waals surface area contributed by atoms with Crippen molar-refractivity contribution < 1.29 is 15.4 Å². The molecule has 0 aliphatic heterocycles. The highest BCUT2D eigenvalue weighted by Gasteiger charge is 2.13. The van der Waals surface area contributed by atoms with Crippen LogP contribution in [-0.2, 0) is 4.79 Å². The lowest BCUT2D eigenvalue weighted by Crippen LogP contribution is -2.12. The largest absolute Gasteiger partial charge is 0.481 e. The lowest BCUT2D eigenvalue weighted by molar-refractivity contribution is -0.142. The van der Waals surface area contributed by atoms with Gasteiger partial charge in [0.25, 0.3) is 0 Å². The molecule has 0 radical (unpaired) electrons. The van der Waals surface area contributed by atoms with Crippen molar-refractivity contribution in [1.29, 1.82) is 0 Å². The third-order valence-corrected chi connectivity index (χ3v) is 1.25. The second-order valence-electron chi connectivity index (χ2n) is 2.08. The van der Waals surface area contributed by atoms with Crippen LogP contribution in [0.2, 0.25) is 0 Å². The molecule has 60 valence electrons. The summed E-state index contributed by atoms with van der Waals surface area (Å²) in [5.41, 5.74) is 0. The Balaban J connectivity index is 4.09. The molecular formula is C8H16O2. The van der Waals surface area contributed by atoms with Crippen LogP contribution in [0.5, 0.6) is 0 Å². The maximum atomic E-state index is 10.7. The summed E-state index contributed by atoms with van der Waals surface area (Å²) >= 11 is 0. The van der Waals surface area contributed by atoms with Crippen molar-refractivity contribution in [1.82, 2.24) is 0 Å². The minimum absolute atomic E-state index is 0.105. The van der Waals surface area contributed by atoms with Crippen LogP contribution in [0.15, 0.2) is 0 Å². The smallest absolute Gasteiger partial charge is 0.306 e. The Hall–Kier alpha value is -0.530. The van der Waals surface area contributed by atoms with Gasteiger partial charge in [0.15, 0.2) is 0 Å². The average molecular weight is 148 g/mol. The molecule has 2 atom stereocenters. The SMILES string of the molecule is [2H]CC([2H])CC(CC([2H])C[2H])C(=O)O. The summed E-state index contributed by atoms with van der Waals surface area (Å²) < 4.78 is 28.4. The minimum atomic E-state index is -1.03. The van der Waals surface area contributed by atoms with Crippen molar-refractivity contribution in [2.75, 3.05) is 0 Å². The molecule has 0 bridgehead atoms. The lowest BCUT2D eigenvalue weighted by atomic mass is 9.99. The van der Waals surface area contributed by atoms with Gasteiger partial charge in [0.1, 0.15) is 0 Å². The molecule has 0 aliphatic carbocycles. The second-order valence-corrected chi connectivity index (χ2v) is 2.08. The summed E-state index contributed by atoms with van der Waals surface area (Å²) in [6.07, 6.45) is -1.19. The van der Waals surface area contributed by atoms with Gasteiger partial charge in [0.2, 0.25) is 0 Å². The Morgan fingerprint density at radius 2 is 2.10 bits per heavy atom. The molecule has 0 fully saturated rings. The highest BCUT2D eigenvalue weighted by atomic mass is 16.4. The third kappa shape index (κ3) is 3.49. The van der Waals surface area contributed by atoms with Gasteiger partial charge in [-0.25, -0.2) is 0 Å². The highest BCUT2D eigenvalue weighted by molar-refractivity contribution is 5.69. The zero-order valence-corrected chi connectivity index (χ0v) is 5.92.